The fourth-order valence-electron chi connectivity index (χ4n) is 7.79. The third-order valence-corrected chi connectivity index (χ3v) is 12.3. The Kier molecular flexibility index (Phi) is 6.29. The highest BCUT2D eigenvalue weighted by Gasteiger charge is 2.23. The van der Waals surface area contributed by atoms with E-state index in [1.165, 1.54) is 46.8 Å². The van der Waals surface area contributed by atoms with Gasteiger partial charge in [-0.1, -0.05) is 121 Å². The Labute approximate surface area is 301 Å². The van der Waals surface area contributed by atoms with Gasteiger partial charge in [0.1, 0.15) is 4.83 Å². The van der Waals surface area contributed by atoms with Crippen LogP contribution in [0.1, 0.15) is 0 Å². The summed E-state index contributed by atoms with van der Waals surface area (Å²) >= 11 is 3.59. The molecule has 0 aliphatic heterocycles. The van der Waals surface area contributed by atoms with Crippen molar-refractivity contribution in [3.63, 3.8) is 0 Å². The zero-order chi connectivity index (χ0) is 33.5. The standard InChI is InChI=1S/C46H27N3S2/c1-3-13-28(14-4-1)29-25-26-37-36(27-29)41-34(20-12-22-38(41)49(37)30-15-5-2-6-16-30)45-47-43(42-33-18-8-10-24-40(33)51-46(42)48-45)35-21-11-19-32-31-17-7-9-23-39(31)50-44(32)35/h1-27H. The van der Waals surface area contributed by atoms with E-state index in [0.29, 0.717) is 0 Å². The van der Waals surface area contributed by atoms with Crippen molar-refractivity contribution in [1.29, 1.82) is 0 Å². The molecule has 11 rings (SSSR count). The molecule has 0 saturated heterocycles. The lowest BCUT2D eigenvalue weighted by Crippen LogP contribution is -1.95. The highest BCUT2D eigenvalue weighted by molar-refractivity contribution is 7.26. The van der Waals surface area contributed by atoms with Crippen molar-refractivity contribution >= 4 is 85.0 Å². The molecule has 0 bridgehead atoms. The number of fused-ring (bicyclic) bond motifs is 9. The van der Waals surface area contributed by atoms with E-state index in [-0.39, 0.29) is 0 Å². The summed E-state index contributed by atoms with van der Waals surface area (Å²) in [4.78, 5) is 12.0. The van der Waals surface area contributed by atoms with Gasteiger partial charge < -0.3 is 4.57 Å². The number of benzene rings is 7. The summed E-state index contributed by atoms with van der Waals surface area (Å²) < 4.78 is 6.13. The Hall–Kier alpha value is -6.14. The predicted molar refractivity (Wildman–Crippen MR) is 218 cm³/mol. The van der Waals surface area contributed by atoms with Crippen molar-refractivity contribution in [2.24, 2.45) is 0 Å². The third kappa shape index (κ3) is 4.35. The Bertz CT molecular complexity index is 3130. The molecule has 238 valence electrons. The van der Waals surface area contributed by atoms with Crippen molar-refractivity contribution in [2.75, 3.05) is 0 Å². The van der Waals surface area contributed by atoms with Crippen molar-refractivity contribution in [3.05, 3.63) is 164 Å². The van der Waals surface area contributed by atoms with Gasteiger partial charge in [0.15, 0.2) is 5.82 Å². The first kappa shape index (κ1) is 28.7. The minimum atomic E-state index is 0.741. The summed E-state index contributed by atoms with van der Waals surface area (Å²) in [6.45, 7) is 0. The normalized spacial score (nSPS) is 11.9. The smallest absolute Gasteiger partial charge is 0.162 e. The summed E-state index contributed by atoms with van der Waals surface area (Å²) in [6, 6.07) is 58.7. The number of aromatic nitrogens is 3. The van der Waals surface area contributed by atoms with Crippen LogP contribution < -0.4 is 0 Å². The van der Waals surface area contributed by atoms with E-state index in [9.17, 15) is 0 Å². The predicted octanol–water partition coefficient (Wildman–Crippen LogP) is 13.3. The van der Waals surface area contributed by atoms with Crippen LogP contribution in [-0.4, -0.2) is 14.5 Å². The lowest BCUT2D eigenvalue weighted by molar-refractivity contribution is 1.18. The van der Waals surface area contributed by atoms with E-state index in [0.717, 1.165) is 55.0 Å². The third-order valence-electron chi connectivity index (χ3n) is 10.1. The van der Waals surface area contributed by atoms with Gasteiger partial charge in [-0.05, 0) is 53.6 Å². The van der Waals surface area contributed by atoms with Crippen molar-refractivity contribution in [1.82, 2.24) is 14.5 Å². The second kappa shape index (κ2) is 11.2. The number of rotatable bonds is 4. The van der Waals surface area contributed by atoms with E-state index in [4.69, 9.17) is 9.97 Å². The van der Waals surface area contributed by atoms with E-state index < -0.39 is 0 Å². The molecule has 0 aliphatic rings. The molecule has 7 aromatic carbocycles. The van der Waals surface area contributed by atoms with Gasteiger partial charge >= 0.3 is 0 Å². The Morgan fingerprint density at radius 1 is 0.431 bits per heavy atom. The van der Waals surface area contributed by atoms with E-state index in [1.54, 1.807) is 11.3 Å². The van der Waals surface area contributed by atoms with Gasteiger partial charge in [0.05, 0.1) is 16.7 Å². The van der Waals surface area contributed by atoms with Gasteiger partial charge in [-0.3, -0.25) is 0 Å². The van der Waals surface area contributed by atoms with E-state index >= 15 is 0 Å². The molecule has 0 spiro atoms. The van der Waals surface area contributed by atoms with Crippen LogP contribution in [0.15, 0.2) is 164 Å². The fraction of sp³-hybridized carbons (Fsp3) is 0. The van der Waals surface area contributed by atoms with Gasteiger partial charge in [0.2, 0.25) is 0 Å². The lowest BCUT2D eigenvalue weighted by atomic mass is 10.00. The van der Waals surface area contributed by atoms with Gasteiger partial charge in [-0.15, -0.1) is 22.7 Å². The molecule has 51 heavy (non-hydrogen) atoms. The minimum Gasteiger partial charge on any atom is -0.309 e. The number of nitrogens with zero attached hydrogens (tertiary/aromatic N) is 3. The quantitative estimate of drug-likeness (QED) is 0.185. The molecular formula is C46H27N3S2. The molecule has 0 aliphatic carbocycles. The number of para-hydroxylation sites is 1. The average molecular weight is 686 g/mol. The van der Waals surface area contributed by atoms with Crippen molar-refractivity contribution in [2.45, 2.75) is 0 Å². The SMILES string of the molecule is c1ccc(-c2ccc3c(c2)c2c(-c4nc(-c5cccc6c5sc5ccccc56)c5c(n4)sc4ccccc45)cccc2n3-c2ccccc2)cc1. The average Bonchev–Trinajstić information content (AvgIpc) is 3.87. The topological polar surface area (TPSA) is 30.7 Å². The van der Waals surface area contributed by atoms with Crippen LogP contribution in [0.3, 0.4) is 0 Å². The zero-order valence-electron chi connectivity index (χ0n) is 27.2. The molecule has 0 atom stereocenters. The van der Waals surface area contributed by atoms with E-state index in [1.807, 2.05) is 11.3 Å². The molecule has 0 N–H and O–H groups in total. The van der Waals surface area contributed by atoms with E-state index in [2.05, 4.69) is 168 Å². The van der Waals surface area contributed by atoms with Crippen LogP contribution in [0, 0.1) is 0 Å². The molecule has 0 unspecified atom stereocenters. The first-order chi connectivity index (χ1) is 25.3. The summed E-state index contributed by atoms with van der Waals surface area (Å²) in [5, 5.41) is 7.20. The summed E-state index contributed by atoms with van der Waals surface area (Å²) in [5.74, 6) is 0.741. The minimum absolute atomic E-state index is 0.741. The maximum atomic E-state index is 5.60. The fourth-order valence-corrected chi connectivity index (χ4v) is 10.1. The zero-order valence-corrected chi connectivity index (χ0v) is 28.9. The Balaban J connectivity index is 1.26. The molecule has 0 amide bonds. The largest absolute Gasteiger partial charge is 0.309 e. The van der Waals surface area contributed by atoms with Crippen LogP contribution in [0.2, 0.25) is 0 Å². The second-order valence-electron chi connectivity index (χ2n) is 12.9. The van der Waals surface area contributed by atoms with Gasteiger partial charge in [-0.2, -0.15) is 0 Å². The summed E-state index contributed by atoms with van der Waals surface area (Å²) in [5.41, 5.74) is 8.95. The second-order valence-corrected chi connectivity index (χ2v) is 15.0. The highest BCUT2D eigenvalue weighted by atomic mass is 32.1. The summed E-state index contributed by atoms with van der Waals surface area (Å²) in [7, 11) is 0. The first-order valence-electron chi connectivity index (χ1n) is 17.1. The number of thiophene rings is 2. The van der Waals surface area contributed by atoms with Crippen LogP contribution in [-0.2, 0) is 0 Å². The van der Waals surface area contributed by atoms with Crippen molar-refractivity contribution < 1.29 is 0 Å². The molecule has 5 heteroatoms. The van der Waals surface area contributed by atoms with Crippen LogP contribution >= 0.6 is 22.7 Å². The van der Waals surface area contributed by atoms with Crippen LogP contribution in [0.5, 0.6) is 0 Å². The van der Waals surface area contributed by atoms with Gasteiger partial charge in [-0.25, -0.2) is 9.97 Å². The maximum Gasteiger partial charge on any atom is 0.162 e. The lowest BCUT2D eigenvalue weighted by Gasteiger charge is -2.10. The number of hydrogen-bond acceptors (Lipinski definition) is 4. The Morgan fingerprint density at radius 2 is 1.12 bits per heavy atom. The highest BCUT2D eigenvalue weighted by Crippen LogP contribution is 2.46. The van der Waals surface area contributed by atoms with Crippen molar-refractivity contribution in [3.8, 4) is 39.5 Å². The van der Waals surface area contributed by atoms with Gasteiger partial charge in [0, 0.05) is 63.2 Å². The first-order valence-corrected chi connectivity index (χ1v) is 18.7. The number of hydrogen-bond donors (Lipinski definition) is 0. The van der Waals surface area contributed by atoms with Crippen LogP contribution in [0.25, 0.3) is 102 Å². The molecular weight excluding hydrogens is 659 g/mol. The molecule has 3 nitrogen and oxygen atoms in total. The maximum absolute atomic E-state index is 5.60. The summed E-state index contributed by atoms with van der Waals surface area (Å²) in [6.07, 6.45) is 0. The Morgan fingerprint density at radius 3 is 1.96 bits per heavy atom. The molecule has 0 fully saturated rings. The molecule has 4 heterocycles. The monoisotopic (exact) mass is 685 g/mol. The molecule has 0 radical (unpaired) electrons. The molecule has 4 aromatic heterocycles. The van der Waals surface area contributed by atoms with Crippen LogP contribution in [0.4, 0.5) is 0 Å². The van der Waals surface area contributed by atoms with Gasteiger partial charge in [0.25, 0.3) is 0 Å². The molecule has 11 aromatic rings. The molecule has 0 saturated carbocycles.